The van der Waals surface area contributed by atoms with Gasteiger partial charge < -0.3 is 5.11 Å². The van der Waals surface area contributed by atoms with E-state index in [9.17, 15) is 4.39 Å². The van der Waals surface area contributed by atoms with Gasteiger partial charge in [0.15, 0.2) is 6.30 Å². The molecule has 0 aromatic carbocycles. The van der Waals surface area contributed by atoms with E-state index >= 15 is 0 Å². The molecule has 0 amide bonds. The average Bonchev–Trinajstić information content (AvgIpc) is 2.66. The molecule has 0 spiro atoms. The normalized spacial score (nSPS) is 21.7. The van der Waals surface area contributed by atoms with Crippen molar-refractivity contribution >= 4 is 11.3 Å². The lowest BCUT2D eigenvalue weighted by molar-refractivity contribution is 0.0525. The van der Waals surface area contributed by atoms with Crippen molar-refractivity contribution < 1.29 is 9.50 Å². The third-order valence-electron chi connectivity index (χ3n) is 2.63. The molecule has 0 radical (unpaired) electrons. The standard InChI is InChI=1S/C10H15FN2OS/c1-2-8-12-9-7(15-8)3-4-13(5-6-14)10(9)11/h10,14H,2-6H2,1H3. The van der Waals surface area contributed by atoms with Gasteiger partial charge in [0.25, 0.3) is 0 Å². The molecule has 0 fully saturated rings. The van der Waals surface area contributed by atoms with Crippen LogP contribution in [0.4, 0.5) is 4.39 Å². The van der Waals surface area contributed by atoms with Gasteiger partial charge in [-0.25, -0.2) is 9.37 Å². The minimum absolute atomic E-state index is 0.000521. The SMILES string of the molecule is CCc1nc2c(s1)CCN(CCO)C2F. The minimum atomic E-state index is -1.13. The van der Waals surface area contributed by atoms with Gasteiger partial charge in [0.1, 0.15) is 5.69 Å². The number of hydrogen-bond acceptors (Lipinski definition) is 4. The lowest BCUT2D eigenvalue weighted by Gasteiger charge is -2.28. The maximum absolute atomic E-state index is 13.9. The van der Waals surface area contributed by atoms with E-state index in [-0.39, 0.29) is 6.61 Å². The molecule has 2 rings (SSSR count). The van der Waals surface area contributed by atoms with Gasteiger partial charge in [-0.1, -0.05) is 6.92 Å². The molecule has 15 heavy (non-hydrogen) atoms. The number of nitrogens with zero attached hydrogens (tertiary/aromatic N) is 2. The summed E-state index contributed by atoms with van der Waals surface area (Å²) in [5.41, 5.74) is 0.580. The van der Waals surface area contributed by atoms with Crippen LogP contribution in [0.3, 0.4) is 0 Å². The number of β-amino-alcohol motifs (C(OH)–C–C–N with tert-alkyl or cyclic N) is 1. The van der Waals surface area contributed by atoms with Gasteiger partial charge in [-0.05, 0) is 12.8 Å². The minimum Gasteiger partial charge on any atom is -0.395 e. The zero-order chi connectivity index (χ0) is 10.8. The summed E-state index contributed by atoms with van der Waals surface area (Å²) >= 11 is 1.62. The van der Waals surface area contributed by atoms with Crippen molar-refractivity contribution in [3.63, 3.8) is 0 Å². The first-order valence-corrected chi connectivity index (χ1v) is 6.05. The number of aliphatic hydroxyl groups excluding tert-OH is 1. The molecule has 1 aromatic rings. The van der Waals surface area contributed by atoms with Crippen LogP contribution in [-0.4, -0.2) is 34.7 Å². The van der Waals surface area contributed by atoms with Crippen LogP contribution in [0.25, 0.3) is 0 Å². The summed E-state index contributed by atoms with van der Waals surface area (Å²) in [5, 5.41) is 9.82. The third kappa shape index (κ3) is 2.04. The smallest absolute Gasteiger partial charge is 0.197 e. The van der Waals surface area contributed by atoms with Crippen LogP contribution >= 0.6 is 11.3 Å². The van der Waals surface area contributed by atoms with Crippen LogP contribution in [0, 0.1) is 0 Å². The maximum Gasteiger partial charge on any atom is 0.197 e. The molecule has 1 aliphatic heterocycles. The van der Waals surface area contributed by atoms with E-state index in [1.54, 1.807) is 16.2 Å². The van der Waals surface area contributed by atoms with E-state index < -0.39 is 6.30 Å². The summed E-state index contributed by atoms with van der Waals surface area (Å²) in [6.45, 7) is 3.10. The summed E-state index contributed by atoms with van der Waals surface area (Å²) in [6.07, 6.45) is 0.593. The first-order chi connectivity index (χ1) is 7.26. The molecule has 1 aliphatic rings. The summed E-state index contributed by atoms with van der Waals surface area (Å²) in [5.74, 6) is 0. The molecule has 0 saturated carbocycles. The van der Waals surface area contributed by atoms with E-state index in [0.29, 0.717) is 18.8 Å². The van der Waals surface area contributed by atoms with E-state index in [1.807, 2.05) is 6.92 Å². The average molecular weight is 230 g/mol. The number of aromatic nitrogens is 1. The molecule has 0 aliphatic carbocycles. The Bertz CT molecular complexity index is 342. The fourth-order valence-electron chi connectivity index (χ4n) is 1.82. The second kappa shape index (κ2) is 4.55. The first kappa shape index (κ1) is 11.0. The van der Waals surface area contributed by atoms with Crippen molar-refractivity contribution in [1.82, 2.24) is 9.88 Å². The molecule has 1 N–H and O–H groups in total. The van der Waals surface area contributed by atoms with Crippen LogP contribution in [0.1, 0.15) is 28.8 Å². The highest BCUT2D eigenvalue weighted by molar-refractivity contribution is 7.11. The molecule has 1 atom stereocenters. The van der Waals surface area contributed by atoms with Crippen LogP contribution in [0.2, 0.25) is 0 Å². The van der Waals surface area contributed by atoms with Crippen molar-refractivity contribution in [2.45, 2.75) is 26.1 Å². The van der Waals surface area contributed by atoms with E-state index in [4.69, 9.17) is 5.11 Å². The van der Waals surface area contributed by atoms with Gasteiger partial charge in [-0.15, -0.1) is 11.3 Å². The fourth-order valence-corrected chi connectivity index (χ4v) is 2.83. The monoisotopic (exact) mass is 230 g/mol. The molecule has 0 bridgehead atoms. The third-order valence-corrected chi connectivity index (χ3v) is 3.91. The Morgan fingerprint density at radius 1 is 1.67 bits per heavy atom. The molecule has 1 unspecified atom stereocenters. The van der Waals surface area contributed by atoms with Gasteiger partial charge in [-0.3, -0.25) is 4.90 Å². The molecular formula is C10H15FN2OS. The molecular weight excluding hydrogens is 215 g/mol. The van der Waals surface area contributed by atoms with Crippen LogP contribution in [0.5, 0.6) is 0 Å². The Morgan fingerprint density at radius 3 is 3.13 bits per heavy atom. The largest absolute Gasteiger partial charge is 0.395 e. The summed E-state index contributed by atoms with van der Waals surface area (Å²) < 4.78 is 13.9. The van der Waals surface area contributed by atoms with Gasteiger partial charge in [0.2, 0.25) is 0 Å². The Hall–Kier alpha value is -0.520. The summed E-state index contributed by atoms with van der Waals surface area (Å²) in [6, 6.07) is 0. The topological polar surface area (TPSA) is 36.4 Å². The van der Waals surface area contributed by atoms with Crippen LogP contribution < -0.4 is 0 Å². The first-order valence-electron chi connectivity index (χ1n) is 5.23. The van der Waals surface area contributed by atoms with Gasteiger partial charge >= 0.3 is 0 Å². The summed E-state index contributed by atoms with van der Waals surface area (Å²) in [7, 11) is 0. The van der Waals surface area contributed by atoms with Crippen molar-refractivity contribution in [2.24, 2.45) is 0 Å². The number of halogens is 1. The number of rotatable bonds is 3. The van der Waals surface area contributed by atoms with Gasteiger partial charge in [0, 0.05) is 18.0 Å². The fraction of sp³-hybridized carbons (Fsp3) is 0.700. The highest BCUT2D eigenvalue weighted by atomic mass is 32.1. The van der Waals surface area contributed by atoms with Crippen LogP contribution in [0.15, 0.2) is 0 Å². The van der Waals surface area contributed by atoms with Crippen molar-refractivity contribution in [3.05, 3.63) is 15.6 Å². The predicted molar refractivity (Wildman–Crippen MR) is 57.7 cm³/mol. The Kier molecular flexibility index (Phi) is 3.33. The summed E-state index contributed by atoms with van der Waals surface area (Å²) in [4.78, 5) is 7.02. The maximum atomic E-state index is 13.9. The molecule has 0 saturated heterocycles. The Balaban J connectivity index is 2.21. The second-order valence-corrected chi connectivity index (χ2v) is 4.78. The quantitative estimate of drug-likeness (QED) is 0.800. The zero-order valence-corrected chi connectivity index (χ0v) is 9.56. The predicted octanol–water partition coefficient (Wildman–Crippen LogP) is 1.52. The van der Waals surface area contributed by atoms with E-state index in [1.165, 1.54) is 0 Å². The highest BCUT2D eigenvalue weighted by Gasteiger charge is 2.29. The molecule has 1 aromatic heterocycles. The Morgan fingerprint density at radius 2 is 2.47 bits per heavy atom. The van der Waals surface area contributed by atoms with E-state index in [0.717, 1.165) is 22.7 Å². The van der Waals surface area contributed by atoms with Crippen molar-refractivity contribution in [2.75, 3.05) is 19.7 Å². The molecule has 84 valence electrons. The number of aliphatic hydroxyl groups is 1. The lowest BCUT2D eigenvalue weighted by Crippen LogP contribution is -2.35. The van der Waals surface area contributed by atoms with Crippen LogP contribution in [-0.2, 0) is 12.8 Å². The lowest BCUT2D eigenvalue weighted by atomic mass is 10.1. The number of fused-ring (bicyclic) bond motifs is 1. The van der Waals surface area contributed by atoms with Crippen molar-refractivity contribution in [3.8, 4) is 0 Å². The number of hydrogen-bond donors (Lipinski definition) is 1. The van der Waals surface area contributed by atoms with Gasteiger partial charge in [-0.2, -0.15) is 0 Å². The molecule has 5 heteroatoms. The second-order valence-electron chi connectivity index (χ2n) is 3.61. The molecule has 3 nitrogen and oxygen atoms in total. The zero-order valence-electron chi connectivity index (χ0n) is 8.74. The van der Waals surface area contributed by atoms with E-state index in [2.05, 4.69) is 4.98 Å². The number of aryl methyl sites for hydroxylation is 1. The molecule has 2 heterocycles. The van der Waals surface area contributed by atoms with Crippen molar-refractivity contribution in [1.29, 1.82) is 0 Å². The Labute approximate surface area is 92.6 Å². The van der Waals surface area contributed by atoms with Gasteiger partial charge in [0.05, 0.1) is 11.6 Å². The highest BCUT2D eigenvalue weighted by Crippen LogP contribution is 2.33. The number of thiazole rings is 1. The number of alkyl halides is 1.